The van der Waals surface area contributed by atoms with E-state index in [1.165, 1.54) is 12.0 Å². The minimum absolute atomic E-state index is 0.843. The second-order valence-electron chi connectivity index (χ2n) is 3.20. The number of hydrogen-bond donors (Lipinski definition) is 2. The smallest absolute Gasteiger partial charge is 0.0314 e. The lowest BCUT2D eigenvalue weighted by atomic mass is 10.1. The molecule has 0 aliphatic heterocycles. The Balaban J connectivity index is 2.25. The summed E-state index contributed by atoms with van der Waals surface area (Å²) < 4.78 is 0. The minimum atomic E-state index is 0.843. The maximum atomic E-state index is 5.59. The monoisotopic (exact) mass is 178 g/mol. The van der Waals surface area contributed by atoms with Crippen molar-refractivity contribution in [2.45, 2.75) is 19.8 Å². The predicted molar refractivity (Wildman–Crippen MR) is 57.7 cm³/mol. The summed E-state index contributed by atoms with van der Waals surface area (Å²) in [5.74, 6) is 0. The van der Waals surface area contributed by atoms with Crippen molar-refractivity contribution in [3.8, 4) is 0 Å². The normalized spacial score (nSPS) is 10.2. The summed E-state index contributed by atoms with van der Waals surface area (Å²) in [6.07, 6.45) is 2.32. The highest BCUT2D eigenvalue weighted by Crippen LogP contribution is 2.06. The first-order valence-electron chi connectivity index (χ1n) is 4.88. The SMILES string of the molecule is CCNCCCc1ccc(N)cc1. The average Bonchev–Trinajstić information content (AvgIpc) is 2.15. The lowest BCUT2D eigenvalue weighted by Gasteiger charge is -2.02. The van der Waals surface area contributed by atoms with E-state index < -0.39 is 0 Å². The van der Waals surface area contributed by atoms with Crippen LogP contribution in [-0.2, 0) is 6.42 Å². The highest BCUT2D eigenvalue weighted by molar-refractivity contribution is 5.39. The summed E-state index contributed by atoms with van der Waals surface area (Å²) in [5, 5.41) is 3.31. The van der Waals surface area contributed by atoms with Crippen molar-refractivity contribution >= 4 is 5.69 Å². The Morgan fingerprint density at radius 2 is 1.92 bits per heavy atom. The number of aryl methyl sites for hydroxylation is 1. The van der Waals surface area contributed by atoms with Gasteiger partial charge in [-0.05, 0) is 43.6 Å². The number of nitrogens with two attached hydrogens (primary N) is 1. The molecule has 0 amide bonds. The Morgan fingerprint density at radius 3 is 2.54 bits per heavy atom. The molecule has 0 spiro atoms. The highest BCUT2D eigenvalue weighted by Gasteiger charge is 1.92. The van der Waals surface area contributed by atoms with Crippen molar-refractivity contribution in [3.05, 3.63) is 29.8 Å². The molecule has 0 atom stereocenters. The van der Waals surface area contributed by atoms with Gasteiger partial charge in [-0.1, -0.05) is 19.1 Å². The van der Waals surface area contributed by atoms with Gasteiger partial charge in [0.15, 0.2) is 0 Å². The maximum Gasteiger partial charge on any atom is 0.0314 e. The molecular formula is C11H18N2. The van der Waals surface area contributed by atoms with E-state index >= 15 is 0 Å². The van der Waals surface area contributed by atoms with Gasteiger partial charge in [0.1, 0.15) is 0 Å². The molecule has 0 saturated heterocycles. The van der Waals surface area contributed by atoms with Gasteiger partial charge in [-0.2, -0.15) is 0 Å². The van der Waals surface area contributed by atoms with Gasteiger partial charge in [0.05, 0.1) is 0 Å². The van der Waals surface area contributed by atoms with Gasteiger partial charge in [0, 0.05) is 5.69 Å². The quantitative estimate of drug-likeness (QED) is 0.533. The van der Waals surface area contributed by atoms with E-state index in [2.05, 4.69) is 24.4 Å². The van der Waals surface area contributed by atoms with Crippen molar-refractivity contribution in [3.63, 3.8) is 0 Å². The van der Waals surface area contributed by atoms with Crippen LogP contribution in [0.25, 0.3) is 0 Å². The molecule has 0 aliphatic carbocycles. The first kappa shape index (κ1) is 10.1. The summed E-state index contributed by atoms with van der Waals surface area (Å²) in [6.45, 7) is 4.28. The molecule has 0 unspecified atom stereocenters. The Morgan fingerprint density at radius 1 is 1.23 bits per heavy atom. The topological polar surface area (TPSA) is 38.0 Å². The lowest BCUT2D eigenvalue weighted by Crippen LogP contribution is -2.14. The molecule has 72 valence electrons. The number of benzene rings is 1. The second kappa shape index (κ2) is 5.60. The average molecular weight is 178 g/mol. The van der Waals surface area contributed by atoms with Crippen molar-refractivity contribution in [1.82, 2.24) is 5.32 Å². The van der Waals surface area contributed by atoms with E-state index in [4.69, 9.17) is 5.73 Å². The standard InChI is InChI=1S/C11H18N2/c1-2-13-9-3-4-10-5-7-11(12)8-6-10/h5-8,13H,2-4,9,12H2,1H3. The fourth-order valence-electron chi connectivity index (χ4n) is 1.28. The molecule has 0 fully saturated rings. The van der Waals surface area contributed by atoms with Crippen LogP contribution in [0.5, 0.6) is 0 Å². The third-order valence-electron chi connectivity index (χ3n) is 2.05. The van der Waals surface area contributed by atoms with Gasteiger partial charge in [0.25, 0.3) is 0 Å². The van der Waals surface area contributed by atoms with E-state index in [1.54, 1.807) is 0 Å². The number of rotatable bonds is 5. The first-order valence-corrected chi connectivity index (χ1v) is 4.88. The van der Waals surface area contributed by atoms with E-state index in [0.29, 0.717) is 0 Å². The number of nitrogen functional groups attached to an aromatic ring is 1. The molecule has 0 aromatic heterocycles. The molecule has 1 aromatic carbocycles. The number of nitrogens with one attached hydrogen (secondary N) is 1. The molecule has 3 N–H and O–H groups in total. The first-order chi connectivity index (χ1) is 6.33. The molecule has 1 rings (SSSR count). The third kappa shape index (κ3) is 3.95. The van der Waals surface area contributed by atoms with Crippen molar-refractivity contribution in [2.24, 2.45) is 0 Å². The van der Waals surface area contributed by atoms with Crippen molar-refractivity contribution in [2.75, 3.05) is 18.8 Å². The van der Waals surface area contributed by atoms with E-state index in [1.807, 2.05) is 12.1 Å². The van der Waals surface area contributed by atoms with Gasteiger partial charge in [0.2, 0.25) is 0 Å². The zero-order chi connectivity index (χ0) is 9.52. The Bertz CT molecular complexity index is 228. The zero-order valence-electron chi connectivity index (χ0n) is 8.22. The molecule has 0 saturated carbocycles. The van der Waals surface area contributed by atoms with Crippen molar-refractivity contribution < 1.29 is 0 Å². The summed E-state index contributed by atoms with van der Waals surface area (Å²) >= 11 is 0. The van der Waals surface area contributed by atoms with Gasteiger partial charge in [-0.3, -0.25) is 0 Å². The lowest BCUT2D eigenvalue weighted by molar-refractivity contribution is 0.673. The van der Waals surface area contributed by atoms with Gasteiger partial charge >= 0.3 is 0 Å². The number of hydrogen-bond acceptors (Lipinski definition) is 2. The molecule has 2 heteroatoms. The van der Waals surface area contributed by atoms with Crippen LogP contribution < -0.4 is 11.1 Å². The van der Waals surface area contributed by atoms with E-state index in [9.17, 15) is 0 Å². The molecule has 1 aromatic rings. The van der Waals surface area contributed by atoms with Crippen LogP contribution in [0.2, 0.25) is 0 Å². The van der Waals surface area contributed by atoms with E-state index in [0.717, 1.165) is 25.2 Å². The summed E-state index contributed by atoms with van der Waals surface area (Å²) in [7, 11) is 0. The van der Waals surface area contributed by atoms with Crippen LogP contribution in [0.4, 0.5) is 5.69 Å². The fourth-order valence-corrected chi connectivity index (χ4v) is 1.28. The van der Waals surface area contributed by atoms with Crippen LogP contribution in [0, 0.1) is 0 Å². The fraction of sp³-hybridized carbons (Fsp3) is 0.455. The second-order valence-corrected chi connectivity index (χ2v) is 3.20. The van der Waals surface area contributed by atoms with Gasteiger partial charge < -0.3 is 11.1 Å². The third-order valence-corrected chi connectivity index (χ3v) is 2.05. The van der Waals surface area contributed by atoms with Crippen LogP contribution in [-0.4, -0.2) is 13.1 Å². The van der Waals surface area contributed by atoms with Crippen molar-refractivity contribution in [1.29, 1.82) is 0 Å². The van der Waals surface area contributed by atoms with Crippen LogP contribution in [0.3, 0.4) is 0 Å². The van der Waals surface area contributed by atoms with E-state index in [-0.39, 0.29) is 0 Å². The minimum Gasteiger partial charge on any atom is -0.399 e. The maximum absolute atomic E-state index is 5.59. The largest absolute Gasteiger partial charge is 0.399 e. The van der Waals surface area contributed by atoms with Gasteiger partial charge in [-0.15, -0.1) is 0 Å². The van der Waals surface area contributed by atoms with Crippen LogP contribution in [0.15, 0.2) is 24.3 Å². The van der Waals surface area contributed by atoms with Gasteiger partial charge in [-0.25, -0.2) is 0 Å². The summed E-state index contributed by atoms with van der Waals surface area (Å²) in [5.41, 5.74) is 7.80. The highest BCUT2D eigenvalue weighted by atomic mass is 14.8. The summed E-state index contributed by atoms with van der Waals surface area (Å²) in [4.78, 5) is 0. The molecule has 0 aliphatic rings. The zero-order valence-corrected chi connectivity index (χ0v) is 8.22. The van der Waals surface area contributed by atoms with Crippen LogP contribution >= 0.6 is 0 Å². The molecule has 0 bridgehead atoms. The number of anilines is 1. The predicted octanol–water partition coefficient (Wildman–Crippen LogP) is 1.81. The molecule has 13 heavy (non-hydrogen) atoms. The van der Waals surface area contributed by atoms with Crippen LogP contribution in [0.1, 0.15) is 18.9 Å². The molecule has 2 nitrogen and oxygen atoms in total. The Hall–Kier alpha value is -1.02. The Labute approximate surface area is 80.1 Å². The Kier molecular flexibility index (Phi) is 4.33. The molecule has 0 radical (unpaired) electrons. The molecule has 0 heterocycles. The molecular weight excluding hydrogens is 160 g/mol. The summed E-state index contributed by atoms with van der Waals surface area (Å²) in [6, 6.07) is 8.12.